The Morgan fingerprint density at radius 1 is 1.31 bits per heavy atom. The van der Waals surface area contributed by atoms with E-state index in [1.807, 2.05) is 6.92 Å². The molecule has 0 bridgehead atoms. The average molecular weight is 228 g/mol. The van der Waals surface area contributed by atoms with Gasteiger partial charge in [0.15, 0.2) is 0 Å². The molecule has 0 radical (unpaired) electrons. The van der Waals surface area contributed by atoms with Crippen molar-refractivity contribution in [2.24, 2.45) is 17.2 Å². The summed E-state index contributed by atoms with van der Waals surface area (Å²) in [7, 11) is 0. The van der Waals surface area contributed by atoms with Crippen molar-refractivity contribution >= 4 is 0 Å². The Bertz CT molecular complexity index is 188. The van der Waals surface area contributed by atoms with Crippen LogP contribution in [0, 0.1) is 11.3 Å². The minimum Gasteiger partial charge on any atom is -0.380 e. The smallest absolute Gasteiger partial charge is 0.0638 e. The van der Waals surface area contributed by atoms with Gasteiger partial charge in [0.1, 0.15) is 0 Å². The van der Waals surface area contributed by atoms with Gasteiger partial charge in [-0.15, -0.1) is 0 Å². The van der Waals surface area contributed by atoms with Crippen LogP contribution in [0.25, 0.3) is 0 Å². The zero-order chi connectivity index (χ0) is 12.0. The van der Waals surface area contributed by atoms with E-state index in [9.17, 15) is 0 Å². The molecule has 0 saturated heterocycles. The van der Waals surface area contributed by atoms with E-state index < -0.39 is 0 Å². The fourth-order valence-electron chi connectivity index (χ4n) is 3.22. The highest BCUT2D eigenvalue weighted by Crippen LogP contribution is 2.45. The monoisotopic (exact) mass is 228 g/mol. The van der Waals surface area contributed by atoms with Gasteiger partial charge in [-0.05, 0) is 37.5 Å². The molecule has 16 heavy (non-hydrogen) atoms. The molecule has 3 heteroatoms. The van der Waals surface area contributed by atoms with Crippen LogP contribution in [0.3, 0.4) is 0 Å². The molecule has 0 aromatic carbocycles. The van der Waals surface area contributed by atoms with Crippen molar-refractivity contribution in [1.29, 1.82) is 0 Å². The summed E-state index contributed by atoms with van der Waals surface area (Å²) in [6.07, 6.45) is 6.54. The number of rotatable bonds is 7. The molecule has 0 aromatic heterocycles. The number of hydrogen-bond acceptors (Lipinski definition) is 3. The van der Waals surface area contributed by atoms with E-state index >= 15 is 0 Å². The van der Waals surface area contributed by atoms with E-state index in [-0.39, 0.29) is 0 Å². The van der Waals surface area contributed by atoms with Gasteiger partial charge in [-0.25, -0.2) is 0 Å². The van der Waals surface area contributed by atoms with Crippen molar-refractivity contribution in [3.63, 3.8) is 0 Å². The molecule has 1 fully saturated rings. The minimum absolute atomic E-state index is 0.317. The van der Waals surface area contributed by atoms with Gasteiger partial charge in [0.25, 0.3) is 0 Å². The molecule has 0 spiro atoms. The Balaban J connectivity index is 2.65. The van der Waals surface area contributed by atoms with Crippen molar-refractivity contribution in [2.75, 3.05) is 13.2 Å². The zero-order valence-corrected chi connectivity index (χ0v) is 11.1. The van der Waals surface area contributed by atoms with Crippen molar-refractivity contribution in [3.8, 4) is 0 Å². The van der Waals surface area contributed by atoms with Gasteiger partial charge in [0.2, 0.25) is 0 Å². The quantitative estimate of drug-likeness (QED) is 0.520. The maximum Gasteiger partial charge on any atom is 0.0638 e. The van der Waals surface area contributed by atoms with Crippen LogP contribution in [0.2, 0.25) is 0 Å². The van der Waals surface area contributed by atoms with Crippen LogP contribution in [-0.2, 0) is 4.74 Å². The molecule has 3 nitrogen and oxygen atoms in total. The second-order valence-electron chi connectivity index (χ2n) is 5.55. The Morgan fingerprint density at radius 3 is 2.38 bits per heavy atom. The summed E-state index contributed by atoms with van der Waals surface area (Å²) >= 11 is 0. The highest BCUT2D eigenvalue weighted by molar-refractivity contribution is 4.94. The minimum atomic E-state index is 0.317. The zero-order valence-electron chi connectivity index (χ0n) is 11.1. The third-order valence-corrected chi connectivity index (χ3v) is 3.84. The predicted octanol–water partition coefficient (Wildman–Crippen LogP) is 2.46. The van der Waals surface area contributed by atoms with Crippen molar-refractivity contribution in [3.05, 3.63) is 0 Å². The van der Waals surface area contributed by atoms with Crippen LogP contribution < -0.4 is 11.3 Å². The van der Waals surface area contributed by atoms with Crippen LogP contribution in [0.5, 0.6) is 0 Å². The van der Waals surface area contributed by atoms with E-state index in [1.54, 1.807) is 0 Å². The molecule has 1 atom stereocenters. The molecule has 3 N–H and O–H groups in total. The molecule has 0 aliphatic heterocycles. The van der Waals surface area contributed by atoms with Crippen LogP contribution in [-0.4, -0.2) is 19.3 Å². The Hall–Kier alpha value is -0.120. The van der Waals surface area contributed by atoms with E-state index in [1.165, 1.54) is 32.1 Å². The molecule has 1 unspecified atom stereocenters. The van der Waals surface area contributed by atoms with Crippen LogP contribution in [0.1, 0.15) is 52.9 Å². The highest BCUT2D eigenvalue weighted by atomic mass is 16.5. The second kappa shape index (κ2) is 6.58. The number of nitrogens with one attached hydrogen (secondary N) is 1. The summed E-state index contributed by atoms with van der Waals surface area (Å²) in [4.78, 5) is 0. The highest BCUT2D eigenvalue weighted by Gasteiger charge is 2.41. The SMILES string of the molecule is CCOCC(NN)C1(CC(C)C)CCCC1. The maximum absolute atomic E-state index is 5.72. The van der Waals surface area contributed by atoms with Crippen LogP contribution in [0.4, 0.5) is 0 Å². The first-order valence-corrected chi connectivity index (χ1v) is 6.68. The standard InChI is InChI=1S/C13H28N2O/c1-4-16-10-12(15-14)13(9-11(2)3)7-5-6-8-13/h11-12,15H,4-10,14H2,1-3H3. The molecule has 1 saturated carbocycles. The molecule has 0 heterocycles. The van der Waals surface area contributed by atoms with Gasteiger partial charge in [-0.2, -0.15) is 0 Å². The molecule has 1 rings (SSSR count). The first kappa shape index (κ1) is 13.9. The molecule has 0 aromatic rings. The number of ether oxygens (including phenoxy) is 1. The Kier molecular flexibility index (Phi) is 5.73. The lowest BCUT2D eigenvalue weighted by atomic mass is 9.73. The number of nitrogens with two attached hydrogens (primary N) is 1. The summed E-state index contributed by atoms with van der Waals surface area (Å²) in [5, 5.41) is 0. The molecule has 0 amide bonds. The van der Waals surface area contributed by atoms with Gasteiger partial charge in [0.05, 0.1) is 12.6 Å². The molecule has 1 aliphatic rings. The van der Waals surface area contributed by atoms with Gasteiger partial charge < -0.3 is 4.74 Å². The summed E-state index contributed by atoms with van der Waals surface area (Å²) in [6.45, 7) is 8.16. The van der Waals surface area contributed by atoms with E-state index in [0.29, 0.717) is 11.5 Å². The summed E-state index contributed by atoms with van der Waals surface area (Å²) in [5.41, 5.74) is 3.37. The molecular weight excluding hydrogens is 200 g/mol. The lowest BCUT2D eigenvalue weighted by Crippen LogP contribution is -2.50. The first-order chi connectivity index (χ1) is 7.64. The van der Waals surface area contributed by atoms with Crippen molar-refractivity contribution in [1.82, 2.24) is 5.43 Å². The summed E-state index contributed by atoms with van der Waals surface area (Å²) < 4.78 is 5.56. The molecular formula is C13H28N2O. The summed E-state index contributed by atoms with van der Waals surface area (Å²) in [6, 6.07) is 0.317. The van der Waals surface area contributed by atoms with Gasteiger partial charge in [-0.3, -0.25) is 11.3 Å². The lowest BCUT2D eigenvalue weighted by Gasteiger charge is -2.38. The first-order valence-electron chi connectivity index (χ1n) is 6.68. The molecule has 1 aliphatic carbocycles. The Labute approximate surface area is 100 Å². The fraction of sp³-hybridized carbons (Fsp3) is 1.00. The van der Waals surface area contributed by atoms with E-state index in [4.69, 9.17) is 10.6 Å². The third kappa shape index (κ3) is 3.44. The summed E-state index contributed by atoms with van der Waals surface area (Å²) in [5.74, 6) is 6.46. The lowest BCUT2D eigenvalue weighted by molar-refractivity contribution is 0.0529. The largest absolute Gasteiger partial charge is 0.380 e. The van der Waals surface area contributed by atoms with Crippen molar-refractivity contribution < 1.29 is 4.74 Å². The number of hydrogen-bond donors (Lipinski definition) is 2. The van der Waals surface area contributed by atoms with Gasteiger partial charge in [-0.1, -0.05) is 26.7 Å². The second-order valence-corrected chi connectivity index (χ2v) is 5.55. The predicted molar refractivity (Wildman–Crippen MR) is 68.0 cm³/mol. The fourth-order valence-corrected chi connectivity index (χ4v) is 3.22. The van der Waals surface area contributed by atoms with Crippen molar-refractivity contribution in [2.45, 2.75) is 58.9 Å². The number of hydrazine groups is 1. The van der Waals surface area contributed by atoms with Gasteiger partial charge >= 0.3 is 0 Å². The van der Waals surface area contributed by atoms with Crippen LogP contribution in [0.15, 0.2) is 0 Å². The van der Waals surface area contributed by atoms with E-state index in [0.717, 1.165) is 19.1 Å². The van der Waals surface area contributed by atoms with Gasteiger partial charge in [0, 0.05) is 6.61 Å². The normalized spacial score (nSPS) is 21.6. The maximum atomic E-state index is 5.72. The average Bonchev–Trinajstić information content (AvgIpc) is 2.67. The topological polar surface area (TPSA) is 47.3 Å². The third-order valence-electron chi connectivity index (χ3n) is 3.84. The van der Waals surface area contributed by atoms with Crippen LogP contribution >= 0.6 is 0 Å². The van der Waals surface area contributed by atoms with E-state index in [2.05, 4.69) is 19.3 Å². The molecule has 96 valence electrons. The Morgan fingerprint density at radius 2 is 1.94 bits per heavy atom.